The van der Waals surface area contributed by atoms with E-state index in [0.29, 0.717) is 14.9 Å². The van der Waals surface area contributed by atoms with E-state index in [1.807, 2.05) is 31.2 Å². The summed E-state index contributed by atoms with van der Waals surface area (Å²) in [5.74, 6) is -0.521. The summed E-state index contributed by atoms with van der Waals surface area (Å²) in [6.45, 7) is 1.83. The monoisotopic (exact) mass is 384 g/mol. The van der Waals surface area contributed by atoms with Gasteiger partial charge in [-0.25, -0.2) is 0 Å². The third-order valence-electron chi connectivity index (χ3n) is 3.67. The second kappa shape index (κ2) is 7.72. The first-order valence-corrected chi connectivity index (χ1v) is 9.06. The molecule has 0 radical (unpaired) electrons. The van der Waals surface area contributed by atoms with Crippen LogP contribution in [0.5, 0.6) is 5.75 Å². The molecule has 1 fully saturated rings. The van der Waals surface area contributed by atoms with Gasteiger partial charge in [0.15, 0.2) is 0 Å². The summed E-state index contributed by atoms with van der Waals surface area (Å²) in [6.07, 6.45) is 1.78. The van der Waals surface area contributed by atoms with Gasteiger partial charge in [-0.15, -0.1) is 0 Å². The van der Waals surface area contributed by atoms with Crippen LogP contribution in [0.3, 0.4) is 0 Å². The summed E-state index contributed by atoms with van der Waals surface area (Å²) in [5, 5.41) is 11.9. The van der Waals surface area contributed by atoms with Crippen molar-refractivity contribution in [1.82, 2.24) is 4.90 Å². The van der Waals surface area contributed by atoms with Gasteiger partial charge in [-0.2, -0.15) is 0 Å². The molecule has 132 valence electrons. The molecule has 1 aliphatic rings. The van der Waals surface area contributed by atoms with E-state index >= 15 is 0 Å². The highest BCUT2D eigenvalue weighted by Gasteiger charge is 2.33. The van der Waals surface area contributed by atoms with Crippen molar-refractivity contribution >= 4 is 51.9 Å². The molecule has 3 rings (SSSR count). The van der Waals surface area contributed by atoms with Gasteiger partial charge < -0.3 is 10.4 Å². The average molecular weight is 384 g/mol. The Kier molecular flexibility index (Phi) is 5.39. The maximum Gasteiger partial charge on any atom is 0.266 e. The van der Waals surface area contributed by atoms with Crippen molar-refractivity contribution in [3.05, 3.63) is 64.6 Å². The quantitative estimate of drug-likeness (QED) is 0.479. The number of rotatable bonds is 4. The Morgan fingerprint density at radius 2 is 2.00 bits per heavy atom. The zero-order chi connectivity index (χ0) is 18.7. The predicted octanol–water partition coefficient (Wildman–Crippen LogP) is 3.54. The summed E-state index contributed by atoms with van der Waals surface area (Å²) < 4.78 is 0.356. The topological polar surface area (TPSA) is 69.6 Å². The van der Waals surface area contributed by atoms with Gasteiger partial charge in [-0.05, 0) is 42.8 Å². The van der Waals surface area contributed by atoms with Crippen LogP contribution in [0.15, 0.2) is 53.4 Å². The van der Waals surface area contributed by atoms with Gasteiger partial charge in [-0.1, -0.05) is 53.8 Å². The second-order valence-corrected chi connectivity index (χ2v) is 7.45. The van der Waals surface area contributed by atoms with Crippen LogP contribution >= 0.6 is 24.0 Å². The molecule has 1 aliphatic heterocycles. The molecule has 7 heteroatoms. The zero-order valence-electron chi connectivity index (χ0n) is 13.9. The van der Waals surface area contributed by atoms with Gasteiger partial charge in [0.25, 0.3) is 5.91 Å². The number of nitrogens with one attached hydrogen (secondary N) is 1. The van der Waals surface area contributed by atoms with E-state index in [4.69, 9.17) is 12.2 Å². The molecule has 0 aromatic heterocycles. The summed E-state index contributed by atoms with van der Waals surface area (Å²) in [5.41, 5.74) is 2.55. The minimum absolute atomic E-state index is 0.112. The van der Waals surface area contributed by atoms with Crippen molar-refractivity contribution in [3.8, 4) is 5.75 Å². The van der Waals surface area contributed by atoms with Gasteiger partial charge in [-0.3, -0.25) is 14.5 Å². The van der Waals surface area contributed by atoms with Crippen molar-refractivity contribution in [1.29, 1.82) is 0 Å². The molecule has 2 amide bonds. The van der Waals surface area contributed by atoms with Gasteiger partial charge in [0, 0.05) is 5.69 Å². The number of hydrogen-bond donors (Lipinski definition) is 2. The number of anilines is 1. The van der Waals surface area contributed by atoms with Crippen LogP contribution in [0.1, 0.15) is 11.1 Å². The summed E-state index contributed by atoms with van der Waals surface area (Å²) in [4.78, 5) is 26.6. The number of benzene rings is 2. The molecule has 0 saturated carbocycles. The Labute approximate surface area is 160 Å². The van der Waals surface area contributed by atoms with E-state index in [2.05, 4.69) is 5.32 Å². The fourth-order valence-corrected chi connectivity index (χ4v) is 3.69. The Balaban J connectivity index is 1.69. The number of thiocarbonyl (C=S) groups is 1. The van der Waals surface area contributed by atoms with E-state index in [9.17, 15) is 14.7 Å². The lowest BCUT2D eigenvalue weighted by Crippen LogP contribution is -2.36. The molecular weight excluding hydrogens is 368 g/mol. The number of amides is 2. The number of phenolic OH excluding ortho intramolecular Hbond substituents is 1. The SMILES string of the molecule is Cc1cccc(/C=C2\SC(=S)N(CC(=O)Nc3ccc(O)cc3)C2=O)c1. The molecule has 2 N–H and O–H groups in total. The van der Waals surface area contributed by atoms with Crippen LogP contribution in [0.25, 0.3) is 6.08 Å². The molecule has 2 aromatic carbocycles. The Hall–Kier alpha value is -2.64. The lowest BCUT2D eigenvalue weighted by atomic mass is 10.1. The minimum atomic E-state index is -0.358. The molecule has 0 atom stereocenters. The lowest BCUT2D eigenvalue weighted by molar-refractivity contribution is -0.126. The number of phenols is 1. The third-order valence-corrected chi connectivity index (χ3v) is 5.04. The molecule has 0 bridgehead atoms. The van der Waals surface area contributed by atoms with Gasteiger partial charge in [0.1, 0.15) is 16.6 Å². The highest BCUT2D eigenvalue weighted by molar-refractivity contribution is 8.26. The van der Waals surface area contributed by atoms with Crippen LogP contribution in [0.2, 0.25) is 0 Å². The van der Waals surface area contributed by atoms with E-state index in [-0.39, 0.29) is 24.1 Å². The first kappa shape index (κ1) is 18.2. The van der Waals surface area contributed by atoms with Crippen molar-refractivity contribution in [2.75, 3.05) is 11.9 Å². The highest BCUT2D eigenvalue weighted by Crippen LogP contribution is 2.32. The van der Waals surface area contributed by atoms with E-state index < -0.39 is 0 Å². The zero-order valence-corrected chi connectivity index (χ0v) is 15.6. The Morgan fingerprint density at radius 3 is 2.69 bits per heavy atom. The summed E-state index contributed by atoms with van der Waals surface area (Å²) >= 11 is 6.44. The molecule has 0 aliphatic carbocycles. The standard InChI is InChI=1S/C19H16N2O3S2/c1-12-3-2-4-13(9-12)10-16-18(24)21(19(25)26-16)11-17(23)20-14-5-7-15(22)8-6-14/h2-10,22H,11H2,1H3,(H,20,23)/b16-10-. The van der Waals surface area contributed by atoms with E-state index in [0.717, 1.165) is 11.1 Å². The fraction of sp³-hybridized carbons (Fsp3) is 0.105. The Morgan fingerprint density at radius 1 is 1.27 bits per heavy atom. The molecule has 26 heavy (non-hydrogen) atoms. The third kappa shape index (κ3) is 4.30. The number of carbonyl (C=O) groups excluding carboxylic acids is 2. The van der Waals surface area contributed by atoms with Crippen LogP contribution in [-0.2, 0) is 9.59 Å². The van der Waals surface area contributed by atoms with Crippen LogP contribution < -0.4 is 5.32 Å². The number of carbonyl (C=O) groups is 2. The number of nitrogens with zero attached hydrogens (tertiary/aromatic N) is 1. The normalized spacial score (nSPS) is 15.6. The average Bonchev–Trinajstić information content (AvgIpc) is 2.84. The van der Waals surface area contributed by atoms with Crippen molar-refractivity contribution in [2.24, 2.45) is 0 Å². The minimum Gasteiger partial charge on any atom is -0.508 e. The van der Waals surface area contributed by atoms with E-state index in [1.54, 1.807) is 18.2 Å². The first-order chi connectivity index (χ1) is 12.4. The molecule has 1 saturated heterocycles. The van der Waals surface area contributed by atoms with Crippen molar-refractivity contribution < 1.29 is 14.7 Å². The molecular formula is C19H16N2O3S2. The number of aromatic hydroxyl groups is 1. The molecule has 2 aromatic rings. The smallest absolute Gasteiger partial charge is 0.266 e. The number of hydrogen-bond acceptors (Lipinski definition) is 5. The first-order valence-electron chi connectivity index (χ1n) is 7.83. The van der Waals surface area contributed by atoms with E-state index in [1.165, 1.54) is 28.8 Å². The second-order valence-electron chi connectivity index (χ2n) is 5.78. The Bertz CT molecular complexity index is 907. The molecule has 0 spiro atoms. The van der Waals surface area contributed by atoms with Crippen LogP contribution in [-0.4, -0.2) is 32.7 Å². The van der Waals surface area contributed by atoms with Crippen LogP contribution in [0, 0.1) is 6.92 Å². The van der Waals surface area contributed by atoms with Gasteiger partial charge in [0.05, 0.1) is 4.91 Å². The molecule has 5 nitrogen and oxygen atoms in total. The highest BCUT2D eigenvalue weighted by atomic mass is 32.2. The molecule has 1 heterocycles. The lowest BCUT2D eigenvalue weighted by Gasteiger charge is -2.14. The summed E-state index contributed by atoms with van der Waals surface area (Å²) in [6, 6.07) is 13.9. The fourth-order valence-electron chi connectivity index (χ4n) is 2.44. The largest absolute Gasteiger partial charge is 0.508 e. The molecule has 0 unspecified atom stereocenters. The predicted molar refractivity (Wildman–Crippen MR) is 108 cm³/mol. The van der Waals surface area contributed by atoms with Crippen molar-refractivity contribution in [2.45, 2.75) is 6.92 Å². The maximum absolute atomic E-state index is 12.6. The van der Waals surface area contributed by atoms with Crippen LogP contribution in [0.4, 0.5) is 5.69 Å². The number of aryl methyl sites for hydroxylation is 1. The van der Waals surface area contributed by atoms with Crippen molar-refractivity contribution in [3.63, 3.8) is 0 Å². The van der Waals surface area contributed by atoms with Gasteiger partial charge in [0.2, 0.25) is 5.91 Å². The van der Waals surface area contributed by atoms with Gasteiger partial charge >= 0.3 is 0 Å². The summed E-state index contributed by atoms with van der Waals surface area (Å²) in [7, 11) is 0. The maximum atomic E-state index is 12.6. The number of thioether (sulfide) groups is 1.